The van der Waals surface area contributed by atoms with E-state index >= 15 is 0 Å². The van der Waals surface area contributed by atoms with Gasteiger partial charge in [0, 0.05) is 11.3 Å². The third kappa shape index (κ3) is 4.24. The van der Waals surface area contributed by atoms with E-state index in [2.05, 4.69) is 29.6 Å². The van der Waals surface area contributed by atoms with Crippen LogP contribution in [0.25, 0.3) is 10.8 Å². The number of carbonyl (C=O) groups is 1. The number of amides is 1. The normalized spacial score (nSPS) is 10.8. The van der Waals surface area contributed by atoms with Crippen molar-refractivity contribution in [2.75, 3.05) is 5.32 Å². The van der Waals surface area contributed by atoms with E-state index in [1.165, 1.54) is 16.7 Å². The smallest absolute Gasteiger partial charge is 0.265 e. The molecule has 0 aliphatic rings. The zero-order valence-corrected chi connectivity index (χ0v) is 16.7. The van der Waals surface area contributed by atoms with Crippen LogP contribution in [0, 0.1) is 13.8 Å². The highest BCUT2D eigenvalue weighted by Crippen LogP contribution is 2.23. The Bertz CT molecular complexity index is 1130. The summed E-state index contributed by atoms with van der Waals surface area (Å²) in [4.78, 5) is 13.2. The maximum atomic E-state index is 12.5. The highest BCUT2D eigenvalue weighted by Gasteiger charge is 2.10. The van der Waals surface area contributed by atoms with Crippen LogP contribution in [0.4, 0.5) is 5.69 Å². The molecule has 1 N–H and O–H groups in total. The molecule has 3 nitrogen and oxygen atoms in total. The van der Waals surface area contributed by atoms with Crippen LogP contribution >= 0.6 is 11.3 Å². The Morgan fingerprint density at radius 3 is 2.46 bits per heavy atom. The molecule has 3 aromatic carbocycles. The monoisotopic (exact) mass is 387 g/mol. The van der Waals surface area contributed by atoms with E-state index in [1.54, 1.807) is 0 Å². The quantitative estimate of drug-likeness (QED) is 0.433. The van der Waals surface area contributed by atoms with Gasteiger partial charge in [0.2, 0.25) is 0 Å². The number of nitrogens with one attached hydrogen (secondary N) is 1. The van der Waals surface area contributed by atoms with Crippen LogP contribution in [0.1, 0.15) is 26.4 Å². The van der Waals surface area contributed by atoms with Gasteiger partial charge >= 0.3 is 0 Å². The van der Waals surface area contributed by atoms with Gasteiger partial charge in [-0.05, 0) is 71.5 Å². The van der Waals surface area contributed by atoms with Gasteiger partial charge in [-0.2, -0.15) is 0 Å². The average molecular weight is 388 g/mol. The molecule has 140 valence electrons. The molecule has 1 aromatic heterocycles. The second-order valence-electron chi connectivity index (χ2n) is 6.95. The minimum Gasteiger partial charge on any atom is -0.489 e. The van der Waals surface area contributed by atoms with Crippen molar-refractivity contribution in [2.24, 2.45) is 0 Å². The maximum absolute atomic E-state index is 12.5. The fourth-order valence-corrected chi connectivity index (χ4v) is 4.03. The van der Waals surface area contributed by atoms with Gasteiger partial charge in [0.25, 0.3) is 5.91 Å². The molecule has 0 spiro atoms. The van der Waals surface area contributed by atoms with E-state index in [9.17, 15) is 4.79 Å². The van der Waals surface area contributed by atoms with Gasteiger partial charge in [-0.1, -0.05) is 36.4 Å². The van der Waals surface area contributed by atoms with E-state index in [0.717, 1.165) is 33.5 Å². The van der Waals surface area contributed by atoms with Crippen LogP contribution in [0.15, 0.2) is 72.1 Å². The second-order valence-corrected chi connectivity index (χ2v) is 7.86. The SMILES string of the molecule is Cc1cc(C)cc(NC(=O)c2cc(COc3ccc4ccccc4c3)cs2)c1. The molecular weight excluding hydrogens is 366 g/mol. The highest BCUT2D eigenvalue weighted by molar-refractivity contribution is 7.12. The molecule has 0 aliphatic heterocycles. The molecule has 0 aliphatic carbocycles. The van der Waals surface area contributed by atoms with Gasteiger partial charge in [-0.15, -0.1) is 11.3 Å². The zero-order valence-electron chi connectivity index (χ0n) is 15.9. The third-order valence-corrected chi connectivity index (χ3v) is 5.46. The van der Waals surface area contributed by atoms with Crippen molar-refractivity contribution in [1.29, 1.82) is 0 Å². The van der Waals surface area contributed by atoms with Crippen molar-refractivity contribution in [3.8, 4) is 5.75 Å². The van der Waals surface area contributed by atoms with Crippen LogP contribution in [-0.4, -0.2) is 5.91 Å². The number of benzene rings is 3. The standard InChI is InChI=1S/C24H21NO2S/c1-16-9-17(2)11-21(10-16)25-24(26)23-12-18(15-28-23)14-27-22-8-7-19-5-3-4-6-20(19)13-22/h3-13,15H,14H2,1-2H3,(H,25,26). The van der Waals surface area contributed by atoms with E-state index in [4.69, 9.17) is 4.74 Å². The maximum Gasteiger partial charge on any atom is 0.265 e. The first-order valence-corrected chi connectivity index (χ1v) is 10.0. The molecule has 0 atom stereocenters. The van der Waals surface area contributed by atoms with E-state index < -0.39 is 0 Å². The molecule has 4 heteroatoms. The largest absolute Gasteiger partial charge is 0.489 e. The Morgan fingerprint density at radius 1 is 0.929 bits per heavy atom. The number of hydrogen-bond acceptors (Lipinski definition) is 3. The van der Waals surface area contributed by atoms with Crippen LogP contribution in [0.5, 0.6) is 5.75 Å². The summed E-state index contributed by atoms with van der Waals surface area (Å²) in [5.74, 6) is 0.734. The summed E-state index contributed by atoms with van der Waals surface area (Å²) < 4.78 is 5.92. The first-order chi connectivity index (χ1) is 13.6. The van der Waals surface area contributed by atoms with Crippen molar-refractivity contribution in [1.82, 2.24) is 0 Å². The lowest BCUT2D eigenvalue weighted by Gasteiger charge is -2.07. The van der Waals surface area contributed by atoms with Crippen molar-refractivity contribution in [3.05, 3.63) is 93.7 Å². The summed E-state index contributed by atoms with van der Waals surface area (Å²) in [7, 11) is 0. The Labute approximate surface area is 168 Å². The Balaban J connectivity index is 1.41. The first-order valence-electron chi connectivity index (χ1n) is 9.15. The lowest BCUT2D eigenvalue weighted by atomic mass is 10.1. The topological polar surface area (TPSA) is 38.3 Å². The van der Waals surface area contributed by atoms with Crippen molar-refractivity contribution < 1.29 is 9.53 Å². The van der Waals surface area contributed by atoms with Gasteiger partial charge in [0.1, 0.15) is 12.4 Å². The Hall–Kier alpha value is -3.11. The molecule has 0 saturated heterocycles. The van der Waals surface area contributed by atoms with E-state index in [-0.39, 0.29) is 5.91 Å². The fraction of sp³-hybridized carbons (Fsp3) is 0.125. The van der Waals surface area contributed by atoms with Crippen LogP contribution in [0.2, 0.25) is 0 Å². The lowest BCUT2D eigenvalue weighted by Crippen LogP contribution is -2.10. The summed E-state index contributed by atoms with van der Waals surface area (Å²) in [6, 6.07) is 22.2. The number of hydrogen-bond donors (Lipinski definition) is 1. The molecular formula is C24H21NO2S. The Morgan fingerprint density at radius 2 is 1.68 bits per heavy atom. The van der Waals surface area contributed by atoms with E-state index in [0.29, 0.717) is 11.5 Å². The number of carbonyl (C=O) groups excluding carboxylic acids is 1. The predicted octanol–water partition coefficient (Wildman–Crippen LogP) is 6.35. The molecule has 4 rings (SSSR count). The summed E-state index contributed by atoms with van der Waals surface area (Å²) in [6.45, 7) is 4.48. The van der Waals surface area contributed by atoms with Gasteiger partial charge in [0.05, 0.1) is 4.88 Å². The van der Waals surface area contributed by atoms with Crippen molar-refractivity contribution in [2.45, 2.75) is 20.5 Å². The highest BCUT2D eigenvalue weighted by atomic mass is 32.1. The number of anilines is 1. The predicted molar refractivity (Wildman–Crippen MR) is 116 cm³/mol. The average Bonchev–Trinajstić information content (AvgIpc) is 3.14. The number of aryl methyl sites for hydroxylation is 2. The molecule has 28 heavy (non-hydrogen) atoms. The van der Waals surface area contributed by atoms with Gasteiger partial charge in [-0.25, -0.2) is 0 Å². The van der Waals surface area contributed by atoms with Crippen LogP contribution in [0.3, 0.4) is 0 Å². The van der Waals surface area contributed by atoms with Gasteiger partial charge in [-0.3, -0.25) is 4.79 Å². The number of thiophene rings is 1. The number of rotatable bonds is 5. The van der Waals surface area contributed by atoms with Gasteiger partial charge < -0.3 is 10.1 Å². The van der Waals surface area contributed by atoms with Gasteiger partial charge in [0.15, 0.2) is 0 Å². The van der Waals surface area contributed by atoms with Crippen LogP contribution < -0.4 is 10.1 Å². The fourth-order valence-electron chi connectivity index (χ4n) is 3.23. The summed E-state index contributed by atoms with van der Waals surface area (Å²) in [5.41, 5.74) is 4.07. The minimum absolute atomic E-state index is 0.0908. The van der Waals surface area contributed by atoms with Crippen molar-refractivity contribution in [3.63, 3.8) is 0 Å². The molecule has 0 bridgehead atoms. The van der Waals surface area contributed by atoms with Crippen LogP contribution in [-0.2, 0) is 6.61 Å². The first kappa shape index (κ1) is 18.3. The molecule has 1 amide bonds. The zero-order chi connectivity index (χ0) is 19.5. The summed E-state index contributed by atoms with van der Waals surface area (Å²) in [5, 5.41) is 7.29. The molecule has 0 unspecified atom stereocenters. The summed E-state index contributed by atoms with van der Waals surface area (Å²) in [6.07, 6.45) is 0. The molecule has 0 saturated carbocycles. The molecule has 0 fully saturated rings. The summed E-state index contributed by atoms with van der Waals surface area (Å²) >= 11 is 1.43. The minimum atomic E-state index is -0.0908. The third-order valence-electron chi connectivity index (χ3n) is 4.48. The lowest BCUT2D eigenvalue weighted by molar-refractivity contribution is 0.103. The number of fused-ring (bicyclic) bond motifs is 1. The number of ether oxygens (including phenoxy) is 1. The molecule has 0 radical (unpaired) electrons. The van der Waals surface area contributed by atoms with E-state index in [1.807, 2.05) is 61.7 Å². The second kappa shape index (κ2) is 7.87. The molecule has 1 heterocycles. The molecule has 4 aromatic rings. The Kier molecular flexibility index (Phi) is 5.13. The van der Waals surface area contributed by atoms with Crippen molar-refractivity contribution >= 4 is 33.7 Å².